The minimum absolute atomic E-state index is 0.160. The molecule has 110 valence electrons. The minimum atomic E-state index is -0.737. The molecule has 20 heavy (non-hydrogen) atoms. The minimum Gasteiger partial charge on any atom is -0.481 e. The number of carbonyl (C=O) groups is 1. The highest BCUT2D eigenvalue weighted by molar-refractivity contribution is 5.66. The Hall–Kier alpha value is -1.39. The van der Waals surface area contributed by atoms with Gasteiger partial charge in [0.2, 0.25) is 0 Å². The Morgan fingerprint density at radius 3 is 2.70 bits per heavy atom. The van der Waals surface area contributed by atoms with Crippen molar-refractivity contribution in [2.45, 2.75) is 32.2 Å². The van der Waals surface area contributed by atoms with Crippen LogP contribution in [-0.2, 0) is 11.2 Å². The van der Waals surface area contributed by atoms with Crippen molar-refractivity contribution < 1.29 is 9.90 Å². The Morgan fingerprint density at radius 1 is 1.35 bits per heavy atom. The Labute approximate surface area is 120 Å². The van der Waals surface area contributed by atoms with Crippen molar-refractivity contribution in [2.75, 3.05) is 19.6 Å². The fourth-order valence-electron chi connectivity index (χ4n) is 2.99. The van der Waals surface area contributed by atoms with E-state index < -0.39 is 5.97 Å². The van der Waals surface area contributed by atoms with E-state index in [1.807, 2.05) is 0 Å². The lowest BCUT2D eigenvalue weighted by Crippen LogP contribution is -2.48. The molecule has 0 amide bonds. The topological polar surface area (TPSA) is 66.6 Å². The van der Waals surface area contributed by atoms with E-state index in [1.165, 1.54) is 11.1 Å². The van der Waals surface area contributed by atoms with Gasteiger partial charge in [0.05, 0.1) is 6.42 Å². The van der Waals surface area contributed by atoms with E-state index in [0.29, 0.717) is 12.5 Å². The second-order valence-corrected chi connectivity index (χ2v) is 5.95. The van der Waals surface area contributed by atoms with E-state index in [4.69, 9.17) is 10.8 Å². The van der Waals surface area contributed by atoms with Gasteiger partial charge in [0.15, 0.2) is 0 Å². The number of hydrogen-bond donors (Lipinski definition) is 2. The molecule has 3 N–H and O–H groups in total. The first-order valence-corrected chi connectivity index (χ1v) is 7.28. The van der Waals surface area contributed by atoms with Gasteiger partial charge in [-0.25, -0.2) is 0 Å². The molecule has 2 atom stereocenters. The Balaban J connectivity index is 1.90. The van der Waals surface area contributed by atoms with Crippen molar-refractivity contribution in [3.8, 4) is 0 Å². The van der Waals surface area contributed by atoms with Crippen molar-refractivity contribution in [1.82, 2.24) is 4.90 Å². The number of aryl methyl sites for hydroxylation is 1. The van der Waals surface area contributed by atoms with Gasteiger partial charge in [-0.05, 0) is 31.2 Å². The van der Waals surface area contributed by atoms with Gasteiger partial charge in [-0.3, -0.25) is 4.79 Å². The highest BCUT2D eigenvalue weighted by Gasteiger charge is 2.25. The normalized spacial score (nSPS) is 23.7. The molecule has 2 unspecified atom stereocenters. The molecule has 0 bridgehead atoms. The molecule has 1 aliphatic rings. The molecule has 0 aromatic heterocycles. The van der Waals surface area contributed by atoms with Gasteiger partial charge >= 0.3 is 5.97 Å². The number of nitrogens with zero attached hydrogens (tertiary/aromatic N) is 1. The highest BCUT2D eigenvalue weighted by Crippen LogP contribution is 2.20. The van der Waals surface area contributed by atoms with Crippen LogP contribution in [0.2, 0.25) is 0 Å². The number of rotatable bonds is 5. The third-order valence-corrected chi connectivity index (χ3v) is 3.93. The summed E-state index contributed by atoms with van der Waals surface area (Å²) in [5, 5.41) is 8.78. The monoisotopic (exact) mass is 276 g/mol. The average molecular weight is 276 g/mol. The van der Waals surface area contributed by atoms with Gasteiger partial charge in [-0.1, -0.05) is 29.8 Å². The maximum Gasteiger partial charge on any atom is 0.304 e. The molecule has 1 aromatic rings. The molecule has 1 heterocycles. The number of piperidine rings is 1. The summed E-state index contributed by atoms with van der Waals surface area (Å²) >= 11 is 0. The molecule has 2 rings (SSSR count). The maximum atomic E-state index is 10.7. The molecular weight excluding hydrogens is 252 g/mol. The average Bonchev–Trinajstić information content (AvgIpc) is 2.38. The molecule has 4 nitrogen and oxygen atoms in total. The number of hydrogen-bond acceptors (Lipinski definition) is 3. The van der Waals surface area contributed by atoms with E-state index in [0.717, 1.165) is 25.9 Å². The number of aliphatic carboxylic acids is 1. The van der Waals surface area contributed by atoms with Crippen molar-refractivity contribution >= 4 is 5.97 Å². The first kappa shape index (κ1) is 15.0. The van der Waals surface area contributed by atoms with Gasteiger partial charge in [-0.15, -0.1) is 0 Å². The SMILES string of the molecule is Cc1ccc(CC2CC(N)CN(CCC(=O)O)C2)cc1. The molecule has 4 heteroatoms. The van der Waals surface area contributed by atoms with Crippen LogP contribution < -0.4 is 5.73 Å². The molecule has 1 aromatic carbocycles. The van der Waals surface area contributed by atoms with E-state index in [1.54, 1.807) is 0 Å². The van der Waals surface area contributed by atoms with Gasteiger partial charge in [0, 0.05) is 25.7 Å². The van der Waals surface area contributed by atoms with Gasteiger partial charge in [-0.2, -0.15) is 0 Å². The van der Waals surface area contributed by atoms with Gasteiger partial charge < -0.3 is 15.7 Å². The first-order valence-electron chi connectivity index (χ1n) is 7.28. The lowest BCUT2D eigenvalue weighted by molar-refractivity contribution is -0.137. The molecular formula is C16H24N2O2. The lowest BCUT2D eigenvalue weighted by Gasteiger charge is -2.36. The molecule has 0 saturated carbocycles. The standard InChI is InChI=1S/C16H24N2O2/c1-12-2-4-13(5-3-12)8-14-9-15(17)11-18(10-14)7-6-16(19)20/h2-5,14-15H,6-11,17H2,1H3,(H,19,20). The lowest BCUT2D eigenvalue weighted by atomic mass is 9.89. The first-order chi connectivity index (χ1) is 9.52. The highest BCUT2D eigenvalue weighted by atomic mass is 16.4. The summed E-state index contributed by atoms with van der Waals surface area (Å²) in [4.78, 5) is 12.9. The fourth-order valence-corrected chi connectivity index (χ4v) is 2.99. The van der Waals surface area contributed by atoms with E-state index >= 15 is 0 Å². The van der Waals surface area contributed by atoms with Gasteiger partial charge in [0.1, 0.15) is 0 Å². The van der Waals surface area contributed by atoms with Gasteiger partial charge in [0.25, 0.3) is 0 Å². The van der Waals surface area contributed by atoms with Crippen molar-refractivity contribution in [1.29, 1.82) is 0 Å². The predicted molar refractivity (Wildman–Crippen MR) is 79.7 cm³/mol. The molecule has 0 spiro atoms. The summed E-state index contributed by atoms with van der Waals surface area (Å²) in [6.45, 7) is 4.47. The second-order valence-electron chi connectivity index (χ2n) is 5.95. The summed E-state index contributed by atoms with van der Waals surface area (Å²) in [6.07, 6.45) is 2.25. The Kier molecular flexibility index (Phi) is 5.15. The van der Waals surface area contributed by atoms with Crippen molar-refractivity contribution in [3.63, 3.8) is 0 Å². The number of benzene rings is 1. The van der Waals surface area contributed by atoms with Crippen molar-refractivity contribution in [3.05, 3.63) is 35.4 Å². The second kappa shape index (κ2) is 6.86. The van der Waals surface area contributed by atoms with E-state index in [9.17, 15) is 4.79 Å². The van der Waals surface area contributed by atoms with Crippen LogP contribution in [0.5, 0.6) is 0 Å². The molecule has 1 aliphatic heterocycles. The maximum absolute atomic E-state index is 10.7. The Bertz CT molecular complexity index is 444. The number of likely N-dealkylation sites (tertiary alicyclic amines) is 1. The third kappa shape index (κ3) is 4.62. The smallest absolute Gasteiger partial charge is 0.304 e. The van der Waals surface area contributed by atoms with Crippen LogP contribution in [0.1, 0.15) is 24.0 Å². The molecule has 1 saturated heterocycles. The molecule has 0 radical (unpaired) electrons. The quantitative estimate of drug-likeness (QED) is 0.858. The largest absolute Gasteiger partial charge is 0.481 e. The molecule has 1 fully saturated rings. The van der Waals surface area contributed by atoms with Crippen LogP contribution in [0, 0.1) is 12.8 Å². The zero-order valence-corrected chi connectivity index (χ0v) is 12.1. The zero-order chi connectivity index (χ0) is 14.5. The Morgan fingerprint density at radius 2 is 2.05 bits per heavy atom. The molecule has 0 aliphatic carbocycles. The van der Waals surface area contributed by atoms with Crippen LogP contribution in [0.15, 0.2) is 24.3 Å². The number of carboxylic acid groups (broad SMARTS) is 1. The van der Waals surface area contributed by atoms with Crippen molar-refractivity contribution in [2.24, 2.45) is 11.7 Å². The van der Waals surface area contributed by atoms with Crippen LogP contribution in [0.25, 0.3) is 0 Å². The number of carboxylic acids is 1. The van der Waals surface area contributed by atoms with Crippen LogP contribution >= 0.6 is 0 Å². The summed E-state index contributed by atoms with van der Waals surface area (Å²) in [5.41, 5.74) is 8.73. The summed E-state index contributed by atoms with van der Waals surface area (Å²) < 4.78 is 0. The van der Waals surface area contributed by atoms with Crippen LogP contribution in [-0.4, -0.2) is 41.7 Å². The summed E-state index contributed by atoms with van der Waals surface area (Å²) in [5.74, 6) is -0.213. The fraction of sp³-hybridized carbons (Fsp3) is 0.562. The number of nitrogens with two attached hydrogens (primary N) is 1. The van der Waals surface area contributed by atoms with Crippen LogP contribution in [0.3, 0.4) is 0 Å². The summed E-state index contributed by atoms with van der Waals surface area (Å²) in [7, 11) is 0. The van der Waals surface area contributed by atoms with E-state index in [2.05, 4.69) is 36.1 Å². The van der Waals surface area contributed by atoms with E-state index in [-0.39, 0.29) is 12.5 Å². The third-order valence-electron chi connectivity index (χ3n) is 3.93. The van der Waals surface area contributed by atoms with Crippen LogP contribution in [0.4, 0.5) is 0 Å². The predicted octanol–water partition coefficient (Wildman–Crippen LogP) is 1.66. The summed E-state index contributed by atoms with van der Waals surface area (Å²) in [6, 6.07) is 8.79. The zero-order valence-electron chi connectivity index (χ0n) is 12.1.